The summed E-state index contributed by atoms with van der Waals surface area (Å²) >= 11 is 0. The van der Waals surface area contributed by atoms with Gasteiger partial charge in [0.1, 0.15) is 0 Å². The van der Waals surface area contributed by atoms with Crippen LogP contribution in [-0.2, 0) is 5.41 Å². The van der Waals surface area contributed by atoms with Gasteiger partial charge in [0.05, 0.1) is 0 Å². The molecule has 0 unspecified atom stereocenters. The lowest BCUT2D eigenvalue weighted by Gasteiger charge is -2.40. The number of rotatable bonds is 1. The number of hydrogen-bond acceptors (Lipinski definition) is 0. The zero-order valence-corrected chi connectivity index (χ0v) is 10.3. The van der Waals surface area contributed by atoms with Crippen molar-refractivity contribution in [2.45, 2.75) is 47.0 Å². The van der Waals surface area contributed by atoms with E-state index in [0.717, 1.165) is 0 Å². The molecule has 1 rings (SSSR count). The molecule has 0 spiro atoms. The molecule has 0 nitrogen and oxygen atoms in total. The molecule has 0 heterocycles. The van der Waals surface area contributed by atoms with E-state index in [2.05, 4.69) is 65.8 Å². The summed E-state index contributed by atoms with van der Waals surface area (Å²) in [5.41, 5.74) is 3.37. The summed E-state index contributed by atoms with van der Waals surface area (Å²) < 4.78 is 0. The minimum absolute atomic E-state index is 0.221. The molecule has 14 heavy (non-hydrogen) atoms. The van der Waals surface area contributed by atoms with Gasteiger partial charge in [0.15, 0.2) is 0 Å². The minimum atomic E-state index is 0.221. The maximum absolute atomic E-state index is 2.33. The van der Waals surface area contributed by atoms with E-state index in [-0.39, 0.29) is 5.41 Å². The van der Waals surface area contributed by atoms with Crippen LogP contribution in [0.2, 0.25) is 0 Å². The molecule has 0 aliphatic carbocycles. The topological polar surface area (TPSA) is 0 Å². The van der Waals surface area contributed by atoms with Crippen molar-refractivity contribution in [1.29, 1.82) is 0 Å². The summed E-state index contributed by atoms with van der Waals surface area (Å²) in [6.45, 7) is 13.8. The smallest absolute Gasteiger partial charge is 0.00524 e. The van der Waals surface area contributed by atoms with Crippen LogP contribution >= 0.6 is 0 Å². The second kappa shape index (κ2) is 3.42. The van der Waals surface area contributed by atoms with E-state index >= 15 is 0 Å². The quantitative estimate of drug-likeness (QED) is 0.618. The molecule has 0 radical (unpaired) electrons. The van der Waals surface area contributed by atoms with Crippen molar-refractivity contribution in [2.75, 3.05) is 0 Å². The normalized spacial score (nSPS) is 13.0. The fourth-order valence-corrected chi connectivity index (χ4v) is 1.68. The predicted octanol–water partition coefficient (Wildman–Crippen LogP) is 4.32. The molecular formula is C14H22. The average molecular weight is 190 g/mol. The van der Waals surface area contributed by atoms with Gasteiger partial charge in [0, 0.05) is 0 Å². The van der Waals surface area contributed by atoms with Crippen LogP contribution in [-0.4, -0.2) is 0 Å². The van der Waals surface area contributed by atoms with Gasteiger partial charge in [0.25, 0.3) is 0 Å². The van der Waals surface area contributed by atoms with E-state index in [1.54, 1.807) is 0 Å². The second-order valence-electron chi connectivity index (χ2n) is 5.69. The standard InChI is InChI=1S/C14H22/c1-11-9-7-8-10-12(11)14(5,6)13(2,3)4/h7-10H,1-6H3. The van der Waals surface area contributed by atoms with Crippen molar-refractivity contribution in [3.8, 4) is 0 Å². The highest BCUT2D eigenvalue weighted by Gasteiger charge is 2.34. The molecule has 0 atom stereocenters. The van der Waals surface area contributed by atoms with Crippen LogP contribution in [0.15, 0.2) is 24.3 Å². The highest BCUT2D eigenvalue weighted by Crippen LogP contribution is 2.41. The second-order valence-corrected chi connectivity index (χ2v) is 5.69. The van der Waals surface area contributed by atoms with Gasteiger partial charge < -0.3 is 0 Å². The third-order valence-corrected chi connectivity index (χ3v) is 3.69. The molecule has 0 saturated carbocycles. The molecule has 0 aliphatic heterocycles. The van der Waals surface area contributed by atoms with Crippen LogP contribution < -0.4 is 0 Å². The first-order chi connectivity index (χ1) is 6.27. The van der Waals surface area contributed by atoms with Gasteiger partial charge in [-0.3, -0.25) is 0 Å². The first-order valence-electron chi connectivity index (χ1n) is 5.33. The molecule has 1 aromatic rings. The Kier molecular flexibility index (Phi) is 2.76. The van der Waals surface area contributed by atoms with E-state index in [1.807, 2.05) is 0 Å². The Hall–Kier alpha value is -0.780. The Morgan fingerprint density at radius 2 is 1.36 bits per heavy atom. The van der Waals surface area contributed by atoms with Crippen molar-refractivity contribution in [3.63, 3.8) is 0 Å². The van der Waals surface area contributed by atoms with Crippen LogP contribution in [0, 0.1) is 12.3 Å². The maximum atomic E-state index is 2.33. The first kappa shape index (κ1) is 11.3. The van der Waals surface area contributed by atoms with Gasteiger partial charge in [0.2, 0.25) is 0 Å². The zero-order valence-electron chi connectivity index (χ0n) is 10.3. The SMILES string of the molecule is Cc1ccccc1C(C)(C)C(C)(C)C. The van der Waals surface area contributed by atoms with Crippen molar-refractivity contribution in [1.82, 2.24) is 0 Å². The van der Waals surface area contributed by atoms with Gasteiger partial charge >= 0.3 is 0 Å². The molecule has 0 aliphatic rings. The minimum Gasteiger partial charge on any atom is -0.0620 e. The van der Waals surface area contributed by atoms with Crippen molar-refractivity contribution in [2.24, 2.45) is 5.41 Å². The van der Waals surface area contributed by atoms with Crippen molar-refractivity contribution >= 4 is 0 Å². The Balaban J connectivity index is 3.23. The Morgan fingerprint density at radius 3 is 1.79 bits per heavy atom. The highest BCUT2D eigenvalue weighted by molar-refractivity contribution is 5.33. The van der Waals surface area contributed by atoms with Gasteiger partial charge in [-0.25, -0.2) is 0 Å². The number of benzene rings is 1. The zero-order chi connectivity index (χ0) is 11.0. The molecule has 0 N–H and O–H groups in total. The van der Waals surface area contributed by atoms with Crippen LogP contribution in [0.25, 0.3) is 0 Å². The van der Waals surface area contributed by atoms with Crippen molar-refractivity contribution < 1.29 is 0 Å². The predicted molar refractivity (Wildman–Crippen MR) is 63.7 cm³/mol. The van der Waals surface area contributed by atoms with Crippen LogP contribution in [0.3, 0.4) is 0 Å². The van der Waals surface area contributed by atoms with Gasteiger partial charge in [-0.2, -0.15) is 0 Å². The monoisotopic (exact) mass is 190 g/mol. The fourth-order valence-electron chi connectivity index (χ4n) is 1.68. The molecule has 1 aromatic carbocycles. The summed E-state index contributed by atoms with van der Waals surface area (Å²) in [5.74, 6) is 0. The van der Waals surface area contributed by atoms with E-state index < -0.39 is 0 Å². The molecule has 0 saturated heterocycles. The highest BCUT2D eigenvalue weighted by atomic mass is 14.4. The third kappa shape index (κ3) is 1.84. The molecule has 0 heteroatoms. The lowest BCUT2D eigenvalue weighted by atomic mass is 9.64. The van der Waals surface area contributed by atoms with Gasteiger partial charge in [-0.05, 0) is 28.9 Å². The Labute approximate surface area is 88.4 Å². The van der Waals surface area contributed by atoms with E-state index in [1.165, 1.54) is 11.1 Å². The van der Waals surface area contributed by atoms with Gasteiger partial charge in [-0.1, -0.05) is 58.9 Å². The molecule has 0 fully saturated rings. The van der Waals surface area contributed by atoms with Gasteiger partial charge in [-0.15, -0.1) is 0 Å². The van der Waals surface area contributed by atoms with Crippen LogP contribution in [0.1, 0.15) is 45.7 Å². The average Bonchev–Trinajstić information content (AvgIpc) is 2.02. The Morgan fingerprint density at radius 1 is 0.857 bits per heavy atom. The van der Waals surface area contributed by atoms with E-state index in [9.17, 15) is 0 Å². The largest absolute Gasteiger partial charge is 0.0620 e. The van der Waals surface area contributed by atoms with Crippen molar-refractivity contribution in [3.05, 3.63) is 35.4 Å². The molecule has 0 aromatic heterocycles. The summed E-state index contributed by atoms with van der Waals surface area (Å²) in [6.07, 6.45) is 0. The molecule has 0 amide bonds. The summed E-state index contributed by atoms with van der Waals surface area (Å²) in [5, 5.41) is 0. The lowest BCUT2D eigenvalue weighted by molar-refractivity contribution is 0.224. The Bertz CT molecular complexity index is 313. The summed E-state index contributed by atoms with van der Waals surface area (Å²) in [4.78, 5) is 0. The number of hydrogen-bond donors (Lipinski definition) is 0. The summed E-state index contributed by atoms with van der Waals surface area (Å²) in [6, 6.07) is 8.69. The lowest BCUT2D eigenvalue weighted by Crippen LogP contribution is -2.34. The van der Waals surface area contributed by atoms with E-state index in [4.69, 9.17) is 0 Å². The third-order valence-electron chi connectivity index (χ3n) is 3.69. The van der Waals surface area contributed by atoms with Crippen LogP contribution in [0.4, 0.5) is 0 Å². The van der Waals surface area contributed by atoms with E-state index in [0.29, 0.717) is 5.41 Å². The number of aryl methyl sites for hydroxylation is 1. The molecule has 78 valence electrons. The first-order valence-corrected chi connectivity index (χ1v) is 5.33. The maximum Gasteiger partial charge on any atom is -0.00524 e. The summed E-state index contributed by atoms with van der Waals surface area (Å²) in [7, 11) is 0. The molecule has 0 bridgehead atoms. The molecular weight excluding hydrogens is 168 g/mol. The fraction of sp³-hybridized carbons (Fsp3) is 0.571. The van der Waals surface area contributed by atoms with Crippen LogP contribution in [0.5, 0.6) is 0 Å².